The minimum atomic E-state index is -0.865. The normalized spacial score (nSPS) is 30.6. The molecule has 10 fully saturated rings. The summed E-state index contributed by atoms with van der Waals surface area (Å²) in [5, 5.41) is 0. The van der Waals surface area contributed by atoms with Gasteiger partial charge in [0.2, 0.25) is 12.2 Å². The Morgan fingerprint density at radius 2 is 0.787 bits per heavy atom. The molecule has 5 aliphatic carbocycles. The highest BCUT2D eigenvalue weighted by Gasteiger charge is 2.65. The second kappa shape index (κ2) is 29.3. The number of esters is 12. The summed E-state index contributed by atoms with van der Waals surface area (Å²) < 4.78 is 61.6. The van der Waals surface area contributed by atoms with Crippen LogP contribution in [0, 0.1) is 68.5 Å². The van der Waals surface area contributed by atoms with Crippen molar-refractivity contribution >= 4 is 71.6 Å². The van der Waals surface area contributed by atoms with Crippen molar-refractivity contribution < 1.29 is 114 Å². The Morgan fingerprint density at radius 3 is 1.20 bits per heavy atom. The first-order chi connectivity index (χ1) is 41.5. The molecule has 5 aliphatic heterocycles. The van der Waals surface area contributed by atoms with Gasteiger partial charge in [-0.25, -0.2) is 19.2 Å². The average molecular weight is 1260 g/mol. The first kappa shape index (κ1) is 71.7. The fourth-order valence-electron chi connectivity index (χ4n) is 11.7. The predicted octanol–water partition coefficient (Wildman–Crippen LogP) is 7.54. The van der Waals surface area contributed by atoms with Crippen LogP contribution in [0.1, 0.15) is 194 Å². The standard InChI is InChI=1S/C16H22O6.C14H20O4.C13H20O4.C12H18O6.C10H16O4/c1-4-16(2,3)15(19)20-7-11(17)21-12-8-5-9-10(6-8)14(18)22-13(9)12;1-4-14(2,3)13(16)18-10-7-5-8-9(6-7)12(15)17-11(8)10;1-4-13(2,3)12(15)17-9-6-5-8-7-10(9)16-11(8)14;1-4-12(2,3)11(15)17-7-9(13)18-8-5-6-16-10(8)14;1-4-10(2,3)9(12)14-7-5-6-13-8(7)11/h8-10,12-13H,4-7H2,1-3H3;7-11H,4-6H2,1-3H3;8-10H,4-7H2,1-3H3;8H,4-7H2,1-3H3;7H,4-6H2,1-3H3. The van der Waals surface area contributed by atoms with E-state index in [0.29, 0.717) is 57.0 Å². The Balaban J connectivity index is 0.000000179. The van der Waals surface area contributed by atoms with Crippen molar-refractivity contribution in [3.05, 3.63) is 0 Å². The van der Waals surface area contributed by atoms with Gasteiger partial charge in [-0.1, -0.05) is 34.6 Å². The van der Waals surface area contributed by atoms with Crippen LogP contribution in [-0.4, -0.2) is 147 Å². The molecular formula is C65H96O24. The number of fused-ring (bicyclic) bond motifs is 4. The van der Waals surface area contributed by atoms with Gasteiger partial charge in [-0.05, 0) is 140 Å². The van der Waals surface area contributed by atoms with Gasteiger partial charge in [-0.3, -0.25) is 38.4 Å². The molecule has 10 rings (SSSR count). The Labute approximate surface area is 521 Å². The zero-order chi connectivity index (χ0) is 66.3. The molecule has 0 radical (unpaired) electrons. The monoisotopic (exact) mass is 1260 g/mol. The third-order valence-electron chi connectivity index (χ3n) is 20.1. The molecule has 10 aliphatic rings. The quantitative estimate of drug-likeness (QED) is 0.0890. The largest absolute Gasteiger partial charge is 0.463 e. The molecule has 500 valence electrons. The van der Waals surface area contributed by atoms with Crippen LogP contribution in [0.15, 0.2) is 0 Å². The Bertz CT molecular complexity index is 2650. The van der Waals surface area contributed by atoms with Crippen LogP contribution in [0.2, 0.25) is 0 Å². The summed E-state index contributed by atoms with van der Waals surface area (Å²) in [5.74, 6) is -3.09. The number of hydrogen-bond donors (Lipinski definition) is 0. The van der Waals surface area contributed by atoms with Gasteiger partial charge in [-0.15, -0.1) is 0 Å². The van der Waals surface area contributed by atoms with Gasteiger partial charge in [0.05, 0.1) is 58.0 Å². The molecule has 6 bridgehead atoms. The summed E-state index contributed by atoms with van der Waals surface area (Å²) in [6.07, 6.45) is 6.85. The first-order valence-corrected chi connectivity index (χ1v) is 31.9. The Hall–Kier alpha value is -6.36. The molecule has 5 heterocycles. The van der Waals surface area contributed by atoms with Crippen molar-refractivity contribution in [3.63, 3.8) is 0 Å². The maximum atomic E-state index is 12.1. The number of carbonyl (C=O) groups excluding carboxylic acids is 12. The number of hydrogen-bond acceptors (Lipinski definition) is 24. The Kier molecular flexibility index (Phi) is 23.6. The van der Waals surface area contributed by atoms with E-state index in [4.69, 9.17) is 52.1 Å². The summed E-state index contributed by atoms with van der Waals surface area (Å²) in [5.41, 5.74) is -2.68. The van der Waals surface area contributed by atoms with E-state index in [1.54, 1.807) is 41.5 Å². The summed E-state index contributed by atoms with van der Waals surface area (Å²) in [6, 6.07) is 0. The molecule has 5 saturated heterocycles. The lowest BCUT2D eigenvalue weighted by Crippen LogP contribution is -2.39. The minimum absolute atomic E-state index is 0.00636. The average Bonchev–Trinajstić information content (AvgIpc) is 1.73. The molecule has 24 heteroatoms. The van der Waals surface area contributed by atoms with Crippen molar-refractivity contribution in [3.8, 4) is 0 Å². The van der Waals surface area contributed by atoms with Crippen molar-refractivity contribution in [2.75, 3.05) is 26.4 Å². The van der Waals surface area contributed by atoms with E-state index >= 15 is 0 Å². The first-order valence-electron chi connectivity index (χ1n) is 31.9. The zero-order valence-corrected chi connectivity index (χ0v) is 54.7. The van der Waals surface area contributed by atoms with Gasteiger partial charge in [0.25, 0.3) is 0 Å². The molecular weight excluding hydrogens is 1160 g/mol. The van der Waals surface area contributed by atoms with Crippen LogP contribution in [0.3, 0.4) is 0 Å². The molecule has 89 heavy (non-hydrogen) atoms. The zero-order valence-electron chi connectivity index (χ0n) is 54.7. The number of ether oxygens (including phenoxy) is 12. The molecule has 24 nitrogen and oxygen atoms in total. The molecule has 15 atom stereocenters. The van der Waals surface area contributed by atoms with Crippen LogP contribution in [0.25, 0.3) is 0 Å². The topological polar surface area (TPSA) is 316 Å². The highest BCUT2D eigenvalue weighted by Crippen LogP contribution is 2.57. The molecule has 0 N–H and O–H groups in total. The second-order valence-corrected chi connectivity index (χ2v) is 28.2. The lowest BCUT2D eigenvalue weighted by atomic mass is 9.87. The third kappa shape index (κ3) is 17.2. The number of rotatable bonds is 19. The molecule has 0 aromatic rings. The van der Waals surface area contributed by atoms with Gasteiger partial charge in [0, 0.05) is 42.9 Å². The molecule has 0 aromatic carbocycles. The number of cyclic esters (lactones) is 2. The maximum absolute atomic E-state index is 12.1. The lowest BCUT2D eigenvalue weighted by Gasteiger charge is -2.29. The van der Waals surface area contributed by atoms with Gasteiger partial charge in [-0.2, -0.15) is 0 Å². The fourth-order valence-corrected chi connectivity index (χ4v) is 11.7. The van der Waals surface area contributed by atoms with E-state index in [9.17, 15) is 57.5 Å². The van der Waals surface area contributed by atoms with Gasteiger partial charge in [0.1, 0.15) is 36.6 Å². The van der Waals surface area contributed by atoms with Crippen LogP contribution in [-0.2, 0) is 114 Å². The highest BCUT2D eigenvalue weighted by molar-refractivity contribution is 5.85. The molecule has 15 unspecified atom stereocenters. The van der Waals surface area contributed by atoms with E-state index in [1.807, 2.05) is 62.3 Å². The predicted molar refractivity (Wildman–Crippen MR) is 309 cm³/mol. The minimum Gasteiger partial charge on any atom is -0.463 e. The number of carbonyl (C=O) groups is 12. The molecule has 0 amide bonds. The van der Waals surface area contributed by atoms with Crippen molar-refractivity contribution in [1.82, 2.24) is 0 Å². The summed E-state index contributed by atoms with van der Waals surface area (Å²) in [7, 11) is 0. The lowest BCUT2D eigenvalue weighted by molar-refractivity contribution is -0.172. The van der Waals surface area contributed by atoms with Crippen LogP contribution in [0.4, 0.5) is 0 Å². The van der Waals surface area contributed by atoms with E-state index in [1.165, 1.54) is 0 Å². The van der Waals surface area contributed by atoms with Gasteiger partial charge >= 0.3 is 71.6 Å². The van der Waals surface area contributed by atoms with Gasteiger partial charge in [0.15, 0.2) is 13.2 Å². The molecule has 0 aromatic heterocycles. The van der Waals surface area contributed by atoms with Crippen molar-refractivity contribution in [2.24, 2.45) is 68.5 Å². The second-order valence-electron chi connectivity index (χ2n) is 28.2. The summed E-state index contributed by atoms with van der Waals surface area (Å²) >= 11 is 0. The van der Waals surface area contributed by atoms with Crippen LogP contribution < -0.4 is 0 Å². The Morgan fingerprint density at radius 1 is 0.404 bits per heavy atom. The van der Waals surface area contributed by atoms with Crippen molar-refractivity contribution in [2.45, 2.75) is 243 Å². The van der Waals surface area contributed by atoms with E-state index in [-0.39, 0.29) is 115 Å². The SMILES string of the molecule is CCC(C)(C)C(=O)OC1C2CC3C(=O)OC1C3C2.CCC(C)(C)C(=O)OC1CCC2CC1OC2=O.CCC(C)(C)C(=O)OC1CCOC1=O.CCC(C)(C)C(=O)OCC(=O)OC1C2CC3C(=O)OC1C3C2.CCC(C)(C)C(=O)OCC(=O)OC1CCOC1=O. The highest BCUT2D eigenvalue weighted by atomic mass is 16.6. The summed E-state index contributed by atoms with van der Waals surface area (Å²) in [6.45, 7) is 27.5. The van der Waals surface area contributed by atoms with Crippen molar-refractivity contribution in [1.29, 1.82) is 0 Å². The smallest absolute Gasteiger partial charge is 0.347 e. The van der Waals surface area contributed by atoms with E-state index < -0.39 is 81.7 Å². The van der Waals surface area contributed by atoms with E-state index in [0.717, 1.165) is 51.4 Å². The molecule has 5 saturated carbocycles. The maximum Gasteiger partial charge on any atom is 0.347 e. The van der Waals surface area contributed by atoms with Crippen LogP contribution in [0.5, 0.6) is 0 Å². The fraction of sp³-hybridized carbons (Fsp3) is 0.815. The third-order valence-corrected chi connectivity index (χ3v) is 20.1. The summed E-state index contributed by atoms with van der Waals surface area (Å²) in [4.78, 5) is 139. The van der Waals surface area contributed by atoms with Gasteiger partial charge < -0.3 is 56.8 Å². The van der Waals surface area contributed by atoms with E-state index in [2.05, 4.69) is 4.74 Å². The van der Waals surface area contributed by atoms with Crippen LogP contribution >= 0.6 is 0 Å². The molecule has 0 spiro atoms.